The van der Waals surface area contributed by atoms with Crippen molar-refractivity contribution < 1.29 is 13.2 Å². The fourth-order valence-electron chi connectivity index (χ4n) is 2.54. The van der Waals surface area contributed by atoms with Gasteiger partial charge in [-0.15, -0.1) is 0 Å². The monoisotopic (exact) mass is 443 g/mol. The molecule has 0 unspecified atom stereocenters. The second-order valence-corrected chi connectivity index (χ2v) is 8.80. The van der Waals surface area contributed by atoms with Crippen molar-refractivity contribution in [2.45, 2.75) is 11.5 Å². The fourth-order valence-corrected chi connectivity index (χ4v) is 4.19. The number of allylic oxidation sites excluding steroid dienone is 1. The standard InChI is InChI=1S/C22H15Cl2NO3S/c23-18-10-9-17(22(24)13-18)15-28-19-6-4-5-16(11-19)12-21(14-25)29(26,27)20-7-2-1-3-8-20/h1-13H,15H2. The van der Waals surface area contributed by atoms with Crippen molar-refractivity contribution >= 4 is 39.1 Å². The van der Waals surface area contributed by atoms with Gasteiger partial charge in [-0.2, -0.15) is 5.26 Å². The van der Waals surface area contributed by atoms with Crippen LogP contribution in [0.5, 0.6) is 5.75 Å². The van der Waals surface area contributed by atoms with Crippen molar-refractivity contribution in [1.29, 1.82) is 5.26 Å². The maximum absolute atomic E-state index is 12.7. The Morgan fingerprint density at radius 3 is 2.45 bits per heavy atom. The van der Waals surface area contributed by atoms with E-state index in [9.17, 15) is 13.7 Å². The summed E-state index contributed by atoms with van der Waals surface area (Å²) < 4.78 is 31.1. The summed E-state index contributed by atoms with van der Waals surface area (Å²) >= 11 is 12.0. The third-order valence-electron chi connectivity index (χ3n) is 4.02. The number of nitriles is 1. The zero-order valence-electron chi connectivity index (χ0n) is 15.0. The van der Waals surface area contributed by atoms with Gasteiger partial charge >= 0.3 is 0 Å². The highest BCUT2D eigenvalue weighted by molar-refractivity contribution is 7.95. The molecule has 0 heterocycles. The number of rotatable bonds is 6. The fraction of sp³-hybridized carbons (Fsp3) is 0.0455. The van der Waals surface area contributed by atoms with Crippen molar-refractivity contribution in [1.82, 2.24) is 0 Å². The molecule has 0 aliphatic rings. The van der Waals surface area contributed by atoms with Gasteiger partial charge in [-0.25, -0.2) is 8.42 Å². The van der Waals surface area contributed by atoms with E-state index in [0.29, 0.717) is 21.4 Å². The highest BCUT2D eigenvalue weighted by atomic mass is 35.5. The molecule has 3 aromatic rings. The molecule has 0 saturated heterocycles. The van der Waals surface area contributed by atoms with Gasteiger partial charge in [-0.3, -0.25) is 0 Å². The van der Waals surface area contributed by atoms with Gasteiger partial charge in [0.05, 0.1) is 4.90 Å². The van der Waals surface area contributed by atoms with Crippen LogP contribution >= 0.6 is 23.2 Å². The summed E-state index contributed by atoms with van der Waals surface area (Å²) in [4.78, 5) is -0.279. The number of benzene rings is 3. The maximum Gasteiger partial charge on any atom is 0.216 e. The second kappa shape index (κ2) is 9.15. The van der Waals surface area contributed by atoms with Gasteiger partial charge in [-0.1, -0.05) is 59.6 Å². The van der Waals surface area contributed by atoms with Gasteiger partial charge in [-0.05, 0) is 48.0 Å². The SMILES string of the molecule is N#CC(=Cc1cccc(OCc2ccc(Cl)cc2Cl)c1)S(=O)(=O)c1ccccc1. The van der Waals surface area contributed by atoms with E-state index >= 15 is 0 Å². The van der Waals surface area contributed by atoms with Crippen LogP contribution in [-0.2, 0) is 16.4 Å². The molecule has 146 valence electrons. The first-order chi connectivity index (χ1) is 13.9. The zero-order chi connectivity index (χ0) is 20.9. The number of sulfone groups is 1. The molecule has 0 amide bonds. The number of nitrogens with zero attached hydrogens (tertiary/aromatic N) is 1. The number of ether oxygens (including phenoxy) is 1. The molecule has 0 aliphatic heterocycles. The molecule has 29 heavy (non-hydrogen) atoms. The molecule has 0 fully saturated rings. The van der Waals surface area contributed by atoms with Crippen LogP contribution in [0.3, 0.4) is 0 Å². The molecule has 0 bridgehead atoms. The molecular weight excluding hydrogens is 429 g/mol. The lowest BCUT2D eigenvalue weighted by Gasteiger charge is -2.09. The molecule has 7 heteroatoms. The van der Waals surface area contributed by atoms with E-state index in [2.05, 4.69) is 0 Å². The van der Waals surface area contributed by atoms with Crippen molar-refractivity contribution in [3.05, 3.63) is 98.9 Å². The van der Waals surface area contributed by atoms with Crippen molar-refractivity contribution in [2.75, 3.05) is 0 Å². The zero-order valence-corrected chi connectivity index (χ0v) is 17.4. The minimum atomic E-state index is -3.90. The molecule has 0 aromatic heterocycles. The van der Waals surface area contributed by atoms with Gasteiger partial charge in [0, 0.05) is 15.6 Å². The Hall–Kier alpha value is -2.78. The third kappa shape index (κ3) is 5.18. The first-order valence-corrected chi connectivity index (χ1v) is 10.7. The lowest BCUT2D eigenvalue weighted by molar-refractivity contribution is 0.306. The average Bonchev–Trinajstić information content (AvgIpc) is 2.72. The van der Waals surface area contributed by atoms with E-state index in [1.165, 1.54) is 18.2 Å². The first-order valence-electron chi connectivity index (χ1n) is 8.49. The van der Waals surface area contributed by atoms with Crippen LogP contribution in [-0.4, -0.2) is 8.42 Å². The van der Waals surface area contributed by atoms with Crippen LogP contribution in [0.15, 0.2) is 82.6 Å². The van der Waals surface area contributed by atoms with Crippen LogP contribution in [0.4, 0.5) is 0 Å². The van der Waals surface area contributed by atoms with E-state index in [0.717, 1.165) is 5.56 Å². The molecule has 3 aromatic carbocycles. The van der Waals surface area contributed by atoms with Gasteiger partial charge in [0.1, 0.15) is 23.3 Å². The predicted octanol–water partition coefficient (Wildman–Crippen LogP) is 5.91. The second-order valence-electron chi connectivity index (χ2n) is 6.03. The van der Waals surface area contributed by atoms with Crippen molar-refractivity contribution in [3.63, 3.8) is 0 Å². The summed E-state index contributed by atoms with van der Waals surface area (Å²) in [6.45, 7) is 0.219. The van der Waals surface area contributed by atoms with Crippen LogP contribution < -0.4 is 4.74 Å². The van der Waals surface area contributed by atoms with Crippen LogP contribution in [0.25, 0.3) is 6.08 Å². The molecule has 0 aliphatic carbocycles. The van der Waals surface area contributed by atoms with E-state index in [4.69, 9.17) is 27.9 Å². The first kappa shape index (κ1) is 20.9. The van der Waals surface area contributed by atoms with Gasteiger partial charge in [0.15, 0.2) is 0 Å². The van der Waals surface area contributed by atoms with Crippen LogP contribution in [0, 0.1) is 11.3 Å². The number of hydrogen-bond donors (Lipinski definition) is 0. The van der Waals surface area contributed by atoms with Crippen molar-refractivity contribution in [3.8, 4) is 11.8 Å². The summed E-state index contributed by atoms with van der Waals surface area (Å²) in [5, 5.41) is 10.4. The predicted molar refractivity (Wildman–Crippen MR) is 114 cm³/mol. The summed E-state index contributed by atoms with van der Waals surface area (Å²) in [6, 6.07) is 21.5. The summed E-state index contributed by atoms with van der Waals surface area (Å²) in [5.41, 5.74) is 1.29. The number of hydrogen-bond acceptors (Lipinski definition) is 4. The Morgan fingerprint density at radius 2 is 1.76 bits per heavy atom. The molecule has 0 saturated carbocycles. The Balaban J connectivity index is 1.83. The molecule has 0 radical (unpaired) electrons. The van der Waals surface area contributed by atoms with Crippen molar-refractivity contribution in [2.24, 2.45) is 0 Å². The Morgan fingerprint density at radius 1 is 1.00 bits per heavy atom. The molecule has 0 spiro atoms. The Labute approximate surface area is 179 Å². The van der Waals surface area contributed by atoms with Crippen LogP contribution in [0.2, 0.25) is 10.0 Å². The maximum atomic E-state index is 12.7. The van der Waals surface area contributed by atoms with Gasteiger partial charge in [0.2, 0.25) is 9.84 Å². The minimum Gasteiger partial charge on any atom is -0.489 e. The topological polar surface area (TPSA) is 67.2 Å². The largest absolute Gasteiger partial charge is 0.489 e. The quantitative estimate of drug-likeness (QED) is 0.444. The highest BCUT2D eigenvalue weighted by Gasteiger charge is 2.20. The molecule has 0 N–H and O–H groups in total. The number of halogens is 2. The van der Waals surface area contributed by atoms with Gasteiger partial charge in [0.25, 0.3) is 0 Å². The third-order valence-corrected chi connectivity index (χ3v) is 6.29. The molecular formula is C22H15Cl2NO3S. The molecule has 3 rings (SSSR count). The Kier molecular flexibility index (Phi) is 6.60. The highest BCUT2D eigenvalue weighted by Crippen LogP contribution is 2.25. The van der Waals surface area contributed by atoms with E-state index < -0.39 is 9.84 Å². The van der Waals surface area contributed by atoms with Crippen LogP contribution in [0.1, 0.15) is 11.1 Å². The summed E-state index contributed by atoms with van der Waals surface area (Å²) in [7, 11) is -3.90. The van der Waals surface area contributed by atoms with Gasteiger partial charge < -0.3 is 4.74 Å². The lowest BCUT2D eigenvalue weighted by atomic mass is 10.2. The summed E-state index contributed by atoms with van der Waals surface area (Å²) in [5.74, 6) is 0.513. The normalized spacial score (nSPS) is 11.7. The molecule has 0 atom stereocenters. The van der Waals surface area contributed by atoms with E-state index in [1.807, 2.05) is 0 Å². The van der Waals surface area contributed by atoms with E-state index in [-0.39, 0.29) is 16.4 Å². The van der Waals surface area contributed by atoms with E-state index in [1.54, 1.807) is 66.7 Å². The smallest absolute Gasteiger partial charge is 0.216 e. The lowest BCUT2D eigenvalue weighted by Crippen LogP contribution is -2.03. The summed E-state index contributed by atoms with van der Waals surface area (Å²) in [6.07, 6.45) is 1.32. The minimum absolute atomic E-state index is 0.0672. The molecule has 4 nitrogen and oxygen atoms in total. The Bertz CT molecular complexity index is 1200. The average molecular weight is 444 g/mol.